The standard InChI is InChI=1S/C10H18N4O2/c1-10(5-15,6-16)9-8(3-12)14-7(2-11)4-13-9/h4,15-16H,2-3,5-6,11-12H2,1H3. The smallest absolute Gasteiger partial charge is 0.0765 e. The van der Waals surface area contributed by atoms with Crippen molar-refractivity contribution in [3.05, 3.63) is 23.3 Å². The summed E-state index contributed by atoms with van der Waals surface area (Å²) >= 11 is 0. The molecule has 0 aliphatic heterocycles. The molecule has 6 heteroatoms. The molecular formula is C10H18N4O2. The number of aliphatic hydroxyl groups excluding tert-OH is 2. The third-order valence-corrected chi connectivity index (χ3v) is 2.57. The molecule has 0 aliphatic carbocycles. The molecule has 0 spiro atoms. The Bertz CT molecular complexity index is 353. The average molecular weight is 226 g/mol. The van der Waals surface area contributed by atoms with Gasteiger partial charge >= 0.3 is 0 Å². The molecule has 6 nitrogen and oxygen atoms in total. The van der Waals surface area contributed by atoms with E-state index < -0.39 is 5.41 Å². The summed E-state index contributed by atoms with van der Waals surface area (Å²) < 4.78 is 0. The van der Waals surface area contributed by atoms with E-state index in [2.05, 4.69) is 9.97 Å². The quantitative estimate of drug-likeness (QED) is 0.492. The minimum atomic E-state index is -0.825. The largest absolute Gasteiger partial charge is 0.395 e. The normalized spacial score (nSPS) is 11.8. The Balaban J connectivity index is 3.22. The molecule has 0 saturated carbocycles. The maximum absolute atomic E-state index is 9.29. The zero-order chi connectivity index (χ0) is 12.2. The highest BCUT2D eigenvalue weighted by Crippen LogP contribution is 2.23. The molecule has 0 unspecified atom stereocenters. The molecule has 1 aromatic heterocycles. The van der Waals surface area contributed by atoms with E-state index in [-0.39, 0.29) is 26.3 Å². The number of nitrogens with zero attached hydrogens (tertiary/aromatic N) is 2. The van der Waals surface area contributed by atoms with Crippen molar-refractivity contribution in [1.82, 2.24) is 9.97 Å². The van der Waals surface area contributed by atoms with Crippen LogP contribution in [-0.2, 0) is 18.5 Å². The van der Waals surface area contributed by atoms with Gasteiger partial charge in [-0.2, -0.15) is 0 Å². The molecule has 90 valence electrons. The third-order valence-electron chi connectivity index (χ3n) is 2.57. The summed E-state index contributed by atoms with van der Waals surface area (Å²) in [6.45, 7) is 1.76. The zero-order valence-electron chi connectivity index (χ0n) is 9.35. The molecule has 6 N–H and O–H groups in total. The Labute approximate surface area is 94.3 Å². The van der Waals surface area contributed by atoms with Gasteiger partial charge in [0.2, 0.25) is 0 Å². The Morgan fingerprint density at radius 3 is 2.31 bits per heavy atom. The van der Waals surface area contributed by atoms with E-state index in [0.717, 1.165) is 0 Å². The van der Waals surface area contributed by atoms with Crippen LogP contribution in [-0.4, -0.2) is 33.4 Å². The molecule has 0 fully saturated rings. The van der Waals surface area contributed by atoms with Crippen molar-refractivity contribution in [2.45, 2.75) is 25.4 Å². The number of aromatic nitrogens is 2. The van der Waals surface area contributed by atoms with Gasteiger partial charge in [0.1, 0.15) is 0 Å². The molecule has 0 radical (unpaired) electrons. The van der Waals surface area contributed by atoms with Crippen LogP contribution < -0.4 is 11.5 Å². The fourth-order valence-corrected chi connectivity index (χ4v) is 1.41. The molecule has 1 heterocycles. The van der Waals surface area contributed by atoms with Gasteiger partial charge in [-0.25, -0.2) is 0 Å². The van der Waals surface area contributed by atoms with Gasteiger partial charge < -0.3 is 21.7 Å². The van der Waals surface area contributed by atoms with Gasteiger partial charge in [0.25, 0.3) is 0 Å². The number of hydrogen-bond donors (Lipinski definition) is 4. The molecule has 0 aromatic carbocycles. The van der Waals surface area contributed by atoms with Crippen LogP contribution in [0.1, 0.15) is 24.0 Å². The Kier molecular flexibility index (Phi) is 4.31. The second kappa shape index (κ2) is 5.31. The van der Waals surface area contributed by atoms with Gasteiger partial charge in [-0.15, -0.1) is 0 Å². The van der Waals surface area contributed by atoms with Crippen molar-refractivity contribution in [3.63, 3.8) is 0 Å². The first-order valence-corrected chi connectivity index (χ1v) is 5.08. The van der Waals surface area contributed by atoms with Gasteiger partial charge in [-0.05, 0) is 6.92 Å². The predicted octanol–water partition coefficient (Wildman–Crippen LogP) is -1.36. The third kappa shape index (κ3) is 2.35. The summed E-state index contributed by atoms with van der Waals surface area (Å²) in [6.07, 6.45) is 1.54. The summed E-state index contributed by atoms with van der Waals surface area (Å²) in [4.78, 5) is 8.43. The van der Waals surface area contributed by atoms with Crippen LogP contribution in [0.4, 0.5) is 0 Å². The zero-order valence-corrected chi connectivity index (χ0v) is 9.35. The topological polar surface area (TPSA) is 118 Å². The van der Waals surface area contributed by atoms with E-state index >= 15 is 0 Å². The van der Waals surface area contributed by atoms with E-state index in [1.165, 1.54) is 6.20 Å². The van der Waals surface area contributed by atoms with Gasteiger partial charge in [0.15, 0.2) is 0 Å². The molecule has 16 heavy (non-hydrogen) atoms. The minimum absolute atomic E-state index is 0.200. The molecule has 0 bridgehead atoms. The van der Waals surface area contributed by atoms with Gasteiger partial charge in [-0.3, -0.25) is 9.97 Å². The van der Waals surface area contributed by atoms with Crippen LogP contribution in [0.2, 0.25) is 0 Å². The predicted molar refractivity (Wildman–Crippen MR) is 59.3 cm³/mol. The van der Waals surface area contributed by atoms with E-state index in [1.54, 1.807) is 6.92 Å². The van der Waals surface area contributed by atoms with E-state index in [4.69, 9.17) is 11.5 Å². The SMILES string of the molecule is CC(CO)(CO)c1ncc(CN)nc1CN. The summed E-state index contributed by atoms with van der Waals surface area (Å²) in [5, 5.41) is 18.6. The first-order chi connectivity index (χ1) is 7.61. The summed E-state index contributed by atoms with van der Waals surface area (Å²) in [5.41, 5.74) is 11.9. The van der Waals surface area contributed by atoms with E-state index in [0.29, 0.717) is 17.1 Å². The molecule has 1 aromatic rings. The molecule has 1 rings (SSSR count). The molecule has 0 amide bonds. The van der Waals surface area contributed by atoms with E-state index in [9.17, 15) is 10.2 Å². The summed E-state index contributed by atoms with van der Waals surface area (Å²) in [7, 11) is 0. The highest BCUT2D eigenvalue weighted by Gasteiger charge is 2.29. The highest BCUT2D eigenvalue weighted by molar-refractivity contribution is 5.23. The summed E-state index contributed by atoms with van der Waals surface area (Å²) in [5.74, 6) is 0. The van der Waals surface area contributed by atoms with Crippen LogP contribution in [0, 0.1) is 0 Å². The fraction of sp³-hybridized carbons (Fsp3) is 0.600. The second-order valence-electron chi connectivity index (χ2n) is 3.94. The van der Waals surface area contributed by atoms with Crippen LogP contribution in [0.3, 0.4) is 0 Å². The van der Waals surface area contributed by atoms with Crippen molar-refractivity contribution in [1.29, 1.82) is 0 Å². The second-order valence-corrected chi connectivity index (χ2v) is 3.94. The lowest BCUT2D eigenvalue weighted by Gasteiger charge is -2.25. The van der Waals surface area contributed by atoms with Crippen LogP contribution in [0.5, 0.6) is 0 Å². The molecular weight excluding hydrogens is 208 g/mol. The lowest BCUT2D eigenvalue weighted by atomic mass is 9.87. The fourth-order valence-electron chi connectivity index (χ4n) is 1.41. The highest BCUT2D eigenvalue weighted by atomic mass is 16.3. The summed E-state index contributed by atoms with van der Waals surface area (Å²) in [6, 6.07) is 0. The molecule has 0 saturated heterocycles. The maximum atomic E-state index is 9.29. The monoisotopic (exact) mass is 226 g/mol. The number of nitrogens with two attached hydrogens (primary N) is 2. The van der Waals surface area contributed by atoms with Crippen LogP contribution >= 0.6 is 0 Å². The molecule has 0 aliphatic rings. The van der Waals surface area contributed by atoms with Gasteiger partial charge in [-0.1, -0.05) is 0 Å². The number of rotatable bonds is 5. The first kappa shape index (κ1) is 13.0. The first-order valence-electron chi connectivity index (χ1n) is 5.08. The van der Waals surface area contributed by atoms with E-state index in [1.807, 2.05) is 0 Å². The molecule has 0 atom stereocenters. The minimum Gasteiger partial charge on any atom is -0.395 e. The maximum Gasteiger partial charge on any atom is 0.0765 e. The van der Waals surface area contributed by atoms with Crippen molar-refractivity contribution in [2.24, 2.45) is 11.5 Å². The Hall–Kier alpha value is -1.08. The number of aliphatic hydroxyl groups is 2. The lowest BCUT2D eigenvalue weighted by molar-refractivity contribution is 0.125. The van der Waals surface area contributed by atoms with Crippen LogP contribution in [0.15, 0.2) is 6.20 Å². The van der Waals surface area contributed by atoms with Crippen molar-refractivity contribution in [3.8, 4) is 0 Å². The lowest BCUT2D eigenvalue weighted by Crippen LogP contribution is -2.34. The number of hydrogen-bond acceptors (Lipinski definition) is 6. The Morgan fingerprint density at radius 2 is 1.88 bits per heavy atom. The van der Waals surface area contributed by atoms with Gasteiger partial charge in [0, 0.05) is 13.1 Å². The van der Waals surface area contributed by atoms with Gasteiger partial charge in [0.05, 0.1) is 41.9 Å². The van der Waals surface area contributed by atoms with Crippen molar-refractivity contribution < 1.29 is 10.2 Å². The van der Waals surface area contributed by atoms with Crippen molar-refractivity contribution >= 4 is 0 Å². The average Bonchev–Trinajstić information content (AvgIpc) is 2.37. The van der Waals surface area contributed by atoms with Crippen molar-refractivity contribution in [2.75, 3.05) is 13.2 Å². The van der Waals surface area contributed by atoms with Crippen LogP contribution in [0.25, 0.3) is 0 Å². The Morgan fingerprint density at radius 1 is 1.25 bits per heavy atom.